The molecule has 2 atom stereocenters. The predicted molar refractivity (Wildman–Crippen MR) is 77.5 cm³/mol. The summed E-state index contributed by atoms with van der Waals surface area (Å²) in [4.78, 5) is 2.27. The van der Waals surface area contributed by atoms with E-state index in [0.717, 1.165) is 38.4 Å². The highest BCUT2D eigenvalue weighted by atomic mass is 19.1. The van der Waals surface area contributed by atoms with Gasteiger partial charge in [-0.2, -0.15) is 0 Å². The van der Waals surface area contributed by atoms with Crippen LogP contribution in [0.2, 0.25) is 0 Å². The molecule has 0 radical (unpaired) electrons. The zero-order chi connectivity index (χ0) is 14.5. The quantitative estimate of drug-likeness (QED) is 0.915. The molecule has 0 bridgehead atoms. The molecule has 1 fully saturated rings. The van der Waals surface area contributed by atoms with Gasteiger partial charge in [-0.15, -0.1) is 0 Å². The zero-order valence-corrected chi connectivity index (χ0v) is 12.3. The van der Waals surface area contributed by atoms with Crippen LogP contribution in [0.15, 0.2) is 18.2 Å². The summed E-state index contributed by atoms with van der Waals surface area (Å²) in [5.41, 5.74) is 0.584. The summed E-state index contributed by atoms with van der Waals surface area (Å²) in [6, 6.07) is 4.88. The van der Waals surface area contributed by atoms with E-state index in [4.69, 9.17) is 0 Å². The van der Waals surface area contributed by atoms with Gasteiger partial charge in [0.05, 0.1) is 0 Å². The van der Waals surface area contributed by atoms with Crippen LogP contribution >= 0.6 is 0 Å². The lowest BCUT2D eigenvalue weighted by Gasteiger charge is -2.32. The van der Waals surface area contributed by atoms with Crippen LogP contribution in [-0.2, 0) is 6.54 Å². The summed E-state index contributed by atoms with van der Waals surface area (Å²) in [6.45, 7) is 6.85. The molecule has 4 heteroatoms. The zero-order valence-electron chi connectivity index (χ0n) is 12.3. The second-order valence-electron chi connectivity index (χ2n) is 5.76. The molecule has 1 heterocycles. The van der Waals surface area contributed by atoms with Crippen molar-refractivity contribution in [3.8, 4) is 0 Å². The lowest BCUT2D eigenvalue weighted by atomic mass is 10.0. The highest BCUT2D eigenvalue weighted by Crippen LogP contribution is 2.15. The van der Waals surface area contributed by atoms with Gasteiger partial charge in [-0.1, -0.05) is 13.0 Å². The van der Waals surface area contributed by atoms with Crippen LogP contribution < -0.4 is 5.32 Å². The van der Waals surface area contributed by atoms with E-state index in [2.05, 4.69) is 24.1 Å². The molecule has 20 heavy (non-hydrogen) atoms. The average Bonchev–Trinajstić information content (AvgIpc) is 2.40. The Morgan fingerprint density at radius 1 is 1.25 bits per heavy atom. The molecule has 0 aliphatic carbocycles. The lowest BCUT2D eigenvalue weighted by molar-refractivity contribution is 0.204. The summed E-state index contributed by atoms with van der Waals surface area (Å²) in [6.07, 6.45) is 3.24. The predicted octanol–water partition coefficient (Wildman–Crippen LogP) is 3.32. The van der Waals surface area contributed by atoms with Crippen LogP contribution in [0.25, 0.3) is 0 Å². The maximum atomic E-state index is 13.7. The number of nitrogens with zero attached hydrogens (tertiary/aromatic N) is 1. The molecule has 0 saturated carbocycles. The molecule has 0 spiro atoms. The van der Waals surface area contributed by atoms with Crippen LogP contribution in [0.4, 0.5) is 8.78 Å². The topological polar surface area (TPSA) is 15.3 Å². The van der Waals surface area contributed by atoms with Gasteiger partial charge in [-0.25, -0.2) is 8.78 Å². The first-order valence-corrected chi connectivity index (χ1v) is 7.50. The number of hydrogen-bond donors (Lipinski definition) is 1. The van der Waals surface area contributed by atoms with Crippen molar-refractivity contribution in [3.05, 3.63) is 35.4 Å². The summed E-state index contributed by atoms with van der Waals surface area (Å²) in [5, 5.41) is 3.62. The van der Waals surface area contributed by atoms with Crippen molar-refractivity contribution < 1.29 is 8.78 Å². The molecule has 0 aromatic heterocycles. The fraction of sp³-hybridized carbons (Fsp3) is 0.625. The largest absolute Gasteiger partial charge is 0.311 e. The van der Waals surface area contributed by atoms with Gasteiger partial charge >= 0.3 is 0 Å². The third kappa shape index (κ3) is 4.25. The molecule has 1 aromatic carbocycles. The number of halogens is 2. The first-order chi connectivity index (χ1) is 9.58. The Balaban J connectivity index is 2.00. The first kappa shape index (κ1) is 15.4. The van der Waals surface area contributed by atoms with Crippen molar-refractivity contribution in [2.45, 2.75) is 51.7 Å². The Hall–Kier alpha value is -1.00. The fourth-order valence-corrected chi connectivity index (χ4v) is 2.77. The lowest BCUT2D eigenvalue weighted by Crippen LogP contribution is -2.43. The van der Waals surface area contributed by atoms with Gasteiger partial charge in [0.1, 0.15) is 11.6 Å². The Labute approximate surface area is 120 Å². The minimum absolute atomic E-state index is 0.440. The molecule has 2 rings (SSSR count). The Bertz CT molecular complexity index is 436. The fourth-order valence-electron chi connectivity index (χ4n) is 2.77. The third-order valence-corrected chi connectivity index (χ3v) is 4.09. The molecule has 1 N–H and O–H groups in total. The van der Waals surface area contributed by atoms with Crippen molar-refractivity contribution in [2.24, 2.45) is 0 Å². The Kier molecular flexibility index (Phi) is 5.49. The first-order valence-electron chi connectivity index (χ1n) is 7.50. The van der Waals surface area contributed by atoms with E-state index in [1.54, 1.807) is 6.07 Å². The van der Waals surface area contributed by atoms with E-state index in [0.29, 0.717) is 24.2 Å². The Morgan fingerprint density at radius 3 is 2.70 bits per heavy atom. The molecule has 1 aromatic rings. The molecular weight excluding hydrogens is 258 g/mol. The van der Waals surface area contributed by atoms with E-state index in [9.17, 15) is 8.78 Å². The molecule has 2 unspecified atom stereocenters. The Morgan fingerprint density at radius 2 is 2.00 bits per heavy atom. The molecular formula is C16H24F2N2. The second kappa shape index (κ2) is 7.14. The SMILES string of the molecule is CCC1CCN(Cc2ccc(F)cc2F)CCC(C)N1. The number of nitrogens with one attached hydrogen (secondary N) is 1. The minimum Gasteiger partial charge on any atom is -0.311 e. The van der Waals surface area contributed by atoms with Crippen molar-refractivity contribution >= 4 is 0 Å². The van der Waals surface area contributed by atoms with Gasteiger partial charge in [-0.3, -0.25) is 4.90 Å². The van der Waals surface area contributed by atoms with Gasteiger partial charge in [0, 0.05) is 30.3 Å². The summed E-state index contributed by atoms with van der Waals surface area (Å²) >= 11 is 0. The van der Waals surface area contributed by atoms with Gasteiger partial charge < -0.3 is 5.32 Å². The monoisotopic (exact) mass is 282 g/mol. The summed E-state index contributed by atoms with van der Waals surface area (Å²) < 4.78 is 26.7. The number of rotatable bonds is 3. The van der Waals surface area contributed by atoms with Crippen LogP contribution in [-0.4, -0.2) is 30.1 Å². The van der Waals surface area contributed by atoms with E-state index >= 15 is 0 Å². The molecule has 112 valence electrons. The van der Waals surface area contributed by atoms with Crippen LogP contribution in [0.1, 0.15) is 38.7 Å². The van der Waals surface area contributed by atoms with Gasteiger partial charge in [0.2, 0.25) is 0 Å². The van der Waals surface area contributed by atoms with E-state index in [1.807, 2.05) is 0 Å². The van der Waals surface area contributed by atoms with Crippen LogP contribution in [0.3, 0.4) is 0 Å². The highest BCUT2D eigenvalue weighted by molar-refractivity contribution is 5.18. The van der Waals surface area contributed by atoms with Crippen molar-refractivity contribution in [1.82, 2.24) is 10.2 Å². The highest BCUT2D eigenvalue weighted by Gasteiger charge is 2.18. The van der Waals surface area contributed by atoms with Gasteiger partial charge in [-0.05, 0) is 45.3 Å². The normalized spacial score (nSPS) is 25.2. The second-order valence-corrected chi connectivity index (χ2v) is 5.76. The minimum atomic E-state index is -0.511. The van der Waals surface area contributed by atoms with Crippen molar-refractivity contribution in [1.29, 1.82) is 0 Å². The smallest absolute Gasteiger partial charge is 0.130 e. The van der Waals surface area contributed by atoms with E-state index in [-0.39, 0.29) is 0 Å². The molecule has 1 aliphatic heterocycles. The van der Waals surface area contributed by atoms with Gasteiger partial charge in [0.25, 0.3) is 0 Å². The standard InChI is InChI=1S/C16H24F2N2/c1-3-15-7-9-20(8-6-12(2)19-15)11-13-4-5-14(17)10-16(13)18/h4-5,10,12,15,19H,3,6-9,11H2,1-2H3. The van der Waals surface area contributed by atoms with Crippen molar-refractivity contribution in [2.75, 3.05) is 13.1 Å². The van der Waals surface area contributed by atoms with Crippen LogP contribution in [0.5, 0.6) is 0 Å². The summed E-state index contributed by atoms with van der Waals surface area (Å²) in [7, 11) is 0. The van der Waals surface area contributed by atoms with Crippen molar-refractivity contribution in [3.63, 3.8) is 0 Å². The molecule has 2 nitrogen and oxygen atoms in total. The molecule has 1 saturated heterocycles. The average molecular weight is 282 g/mol. The van der Waals surface area contributed by atoms with E-state index < -0.39 is 11.6 Å². The number of hydrogen-bond acceptors (Lipinski definition) is 2. The molecule has 0 amide bonds. The summed E-state index contributed by atoms with van der Waals surface area (Å²) in [5.74, 6) is -0.951. The third-order valence-electron chi connectivity index (χ3n) is 4.09. The molecule has 1 aliphatic rings. The van der Waals surface area contributed by atoms with E-state index in [1.165, 1.54) is 6.07 Å². The maximum absolute atomic E-state index is 13.7. The maximum Gasteiger partial charge on any atom is 0.130 e. The van der Waals surface area contributed by atoms with Crippen LogP contribution in [0, 0.1) is 11.6 Å². The number of benzene rings is 1. The van der Waals surface area contributed by atoms with Gasteiger partial charge in [0.15, 0.2) is 0 Å².